The first-order valence-electron chi connectivity index (χ1n) is 9.76. The van der Waals surface area contributed by atoms with Gasteiger partial charge in [-0.1, -0.05) is 49.1 Å². The molecule has 0 heterocycles. The second-order valence-electron chi connectivity index (χ2n) is 7.72. The quantitative estimate of drug-likeness (QED) is 0.658. The zero-order valence-electron chi connectivity index (χ0n) is 16.3. The number of carbonyl (C=O) groups is 1. The Bertz CT molecular complexity index is 810. The molecule has 0 spiro atoms. The van der Waals surface area contributed by atoms with Gasteiger partial charge in [0.15, 0.2) is 0 Å². The summed E-state index contributed by atoms with van der Waals surface area (Å²) in [5.41, 5.74) is 2.19. The Balaban J connectivity index is 1.88. The largest absolute Gasteiger partial charge is 0.491 e. The van der Waals surface area contributed by atoms with Crippen LogP contribution in [0.3, 0.4) is 0 Å². The van der Waals surface area contributed by atoms with Gasteiger partial charge in [-0.2, -0.15) is 0 Å². The summed E-state index contributed by atoms with van der Waals surface area (Å²) in [6.07, 6.45) is 5.03. The van der Waals surface area contributed by atoms with Crippen molar-refractivity contribution in [1.29, 1.82) is 0 Å². The van der Waals surface area contributed by atoms with Gasteiger partial charge in [0.05, 0.1) is 11.5 Å². The molecule has 4 heteroatoms. The fourth-order valence-electron chi connectivity index (χ4n) is 3.99. The highest BCUT2D eigenvalue weighted by Gasteiger charge is 2.42. The maximum Gasteiger partial charge on any atom is 0.235 e. The van der Waals surface area contributed by atoms with E-state index in [-0.39, 0.29) is 12.0 Å². The average molecular weight is 386 g/mol. The van der Waals surface area contributed by atoms with Gasteiger partial charge in [-0.25, -0.2) is 0 Å². The minimum Gasteiger partial charge on any atom is -0.491 e. The van der Waals surface area contributed by atoms with Gasteiger partial charge >= 0.3 is 0 Å². The van der Waals surface area contributed by atoms with E-state index in [2.05, 4.69) is 5.32 Å². The van der Waals surface area contributed by atoms with Crippen LogP contribution in [0.15, 0.2) is 42.5 Å². The van der Waals surface area contributed by atoms with Crippen molar-refractivity contribution >= 4 is 23.2 Å². The summed E-state index contributed by atoms with van der Waals surface area (Å²) in [6, 6.07) is 13.6. The van der Waals surface area contributed by atoms with Crippen LogP contribution in [0.4, 0.5) is 5.69 Å². The maximum atomic E-state index is 13.4. The zero-order chi connectivity index (χ0) is 19.4. The van der Waals surface area contributed by atoms with E-state index in [0.717, 1.165) is 48.2 Å². The Hall–Kier alpha value is -2.00. The number of hydrogen-bond acceptors (Lipinski definition) is 2. The third-order valence-corrected chi connectivity index (χ3v) is 5.66. The van der Waals surface area contributed by atoms with Crippen LogP contribution in [0.25, 0.3) is 0 Å². The molecule has 2 aromatic carbocycles. The second kappa shape index (κ2) is 8.35. The SMILES string of the molecule is Cc1cc(NC(=O)C2(c3ccccc3Cl)CCCCC2)ccc1OC(C)C. The number of ether oxygens (including phenoxy) is 1. The van der Waals surface area contributed by atoms with Crippen molar-refractivity contribution < 1.29 is 9.53 Å². The molecule has 2 aromatic rings. The Morgan fingerprint density at radius 2 is 1.81 bits per heavy atom. The van der Waals surface area contributed by atoms with E-state index in [1.807, 2.05) is 63.2 Å². The molecule has 1 saturated carbocycles. The smallest absolute Gasteiger partial charge is 0.235 e. The number of amides is 1. The van der Waals surface area contributed by atoms with Crippen molar-refractivity contribution in [3.63, 3.8) is 0 Å². The van der Waals surface area contributed by atoms with Crippen molar-refractivity contribution in [2.45, 2.75) is 64.4 Å². The first-order valence-corrected chi connectivity index (χ1v) is 10.1. The lowest BCUT2D eigenvalue weighted by molar-refractivity contribution is -0.122. The van der Waals surface area contributed by atoms with Crippen LogP contribution in [-0.4, -0.2) is 12.0 Å². The van der Waals surface area contributed by atoms with Crippen molar-refractivity contribution in [2.75, 3.05) is 5.32 Å². The lowest BCUT2D eigenvalue weighted by atomic mass is 9.68. The minimum absolute atomic E-state index is 0.0345. The molecule has 1 aliphatic carbocycles. The fraction of sp³-hybridized carbons (Fsp3) is 0.435. The van der Waals surface area contributed by atoms with Gasteiger partial charge in [0, 0.05) is 10.7 Å². The number of rotatable bonds is 5. The monoisotopic (exact) mass is 385 g/mol. The first kappa shape index (κ1) is 19.8. The van der Waals surface area contributed by atoms with Crippen LogP contribution in [0, 0.1) is 6.92 Å². The van der Waals surface area contributed by atoms with Crippen molar-refractivity contribution in [3.8, 4) is 5.75 Å². The van der Waals surface area contributed by atoms with Crippen LogP contribution in [0.1, 0.15) is 57.1 Å². The molecule has 0 aliphatic heterocycles. The van der Waals surface area contributed by atoms with Gasteiger partial charge in [0.25, 0.3) is 0 Å². The molecule has 27 heavy (non-hydrogen) atoms. The summed E-state index contributed by atoms with van der Waals surface area (Å²) in [7, 11) is 0. The fourth-order valence-corrected chi connectivity index (χ4v) is 4.30. The first-order chi connectivity index (χ1) is 12.9. The van der Waals surface area contributed by atoms with Crippen molar-refractivity contribution in [1.82, 2.24) is 0 Å². The Morgan fingerprint density at radius 3 is 2.44 bits per heavy atom. The molecule has 0 saturated heterocycles. The Morgan fingerprint density at radius 1 is 1.11 bits per heavy atom. The lowest BCUT2D eigenvalue weighted by Crippen LogP contribution is -2.42. The van der Waals surface area contributed by atoms with E-state index in [1.165, 1.54) is 6.42 Å². The minimum atomic E-state index is -0.558. The molecule has 3 nitrogen and oxygen atoms in total. The lowest BCUT2D eigenvalue weighted by Gasteiger charge is -2.37. The highest BCUT2D eigenvalue weighted by molar-refractivity contribution is 6.31. The predicted octanol–water partition coefficient (Wildman–Crippen LogP) is 6.28. The summed E-state index contributed by atoms with van der Waals surface area (Å²) in [5.74, 6) is 0.883. The van der Waals surface area contributed by atoms with Gasteiger partial charge in [0.1, 0.15) is 5.75 Å². The molecule has 0 atom stereocenters. The summed E-state index contributed by atoms with van der Waals surface area (Å²) >= 11 is 6.49. The number of anilines is 1. The standard InChI is InChI=1S/C23H28ClNO2/c1-16(2)27-21-12-11-18(15-17(21)3)25-22(26)23(13-7-4-8-14-23)19-9-5-6-10-20(19)24/h5-6,9-12,15-16H,4,7-8,13-14H2,1-3H3,(H,25,26). The highest BCUT2D eigenvalue weighted by atomic mass is 35.5. The van der Waals surface area contributed by atoms with Crippen LogP contribution in [0.2, 0.25) is 5.02 Å². The van der Waals surface area contributed by atoms with Crippen LogP contribution >= 0.6 is 11.6 Å². The molecular formula is C23H28ClNO2. The van der Waals surface area contributed by atoms with E-state index >= 15 is 0 Å². The molecule has 1 aliphatic rings. The molecule has 1 N–H and O–H groups in total. The van der Waals surface area contributed by atoms with Crippen LogP contribution in [-0.2, 0) is 10.2 Å². The van der Waals surface area contributed by atoms with E-state index in [0.29, 0.717) is 5.02 Å². The third kappa shape index (κ3) is 4.30. The number of aryl methyl sites for hydroxylation is 1. The van der Waals surface area contributed by atoms with Gasteiger partial charge < -0.3 is 10.1 Å². The van der Waals surface area contributed by atoms with E-state index in [1.54, 1.807) is 0 Å². The number of hydrogen-bond donors (Lipinski definition) is 1. The highest BCUT2D eigenvalue weighted by Crippen LogP contribution is 2.43. The Labute approximate surface area is 167 Å². The van der Waals surface area contributed by atoms with Crippen molar-refractivity contribution in [2.24, 2.45) is 0 Å². The topological polar surface area (TPSA) is 38.3 Å². The Kier molecular flexibility index (Phi) is 6.11. The number of nitrogens with one attached hydrogen (secondary N) is 1. The van der Waals surface area contributed by atoms with Gasteiger partial charge in [-0.15, -0.1) is 0 Å². The second-order valence-corrected chi connectivity index (χ2v) is 8.13. The van der Waals surface area contributed by atoms with Crippen LogP contribution < -0.4 is 10.1 Å². The van der Waals surface area contributed by atoms with Crippen LogP contribution in [0.5, 0.6) is 5.75 Å². The molecule has 0 bridgehead atoms. The predicted molar refractivity (Wildman–Crippen MR) is 112 cm³/mol. The van der Waals surface area contributed by atoms with Crippen molar-refractivity contribution in [3.05, 3.63) is 58.6 Å². The number of halogens is 1. The number of benzene rings is 2. The molecular weight excluding hydrogens is 358 g/mol. The van der Waals surface area contributed by atoms with E-state index < -0.39 is 5.41 Å². The normalized spacial score (nSPS) is 16.2. The van der Waals surface area contributed by atoms with Gasteiger partial charge in [-0.3, -0.25) is 4.79 Å². The number of carbonyl (C=O) groups excluding carboxylic acids is 1. The maximum absolute atomic E-state index is 13.4. The summed E-state index contributed by atoms with van der Waals surface area (Å²) < 4.78 is 5.80. The molecule has 0 aromatic heterocycles. The van der Waals surface area contributed by atoms with Gasteiger partial charge in [-0.05, 0) is 69.0 Å². The summed E-state index contributed by atoms with van der Waals surface area (Å²) in [5, 5.41) is 3.82. The van der Waals surface area contributed by atoms with Gasteiger partial charge in [0.2, 0.25) is 5.91 Å². The molecule has 144 valence electrons. The summed E-state index contributed by atoms with van der Waals surface area (Å²) in [4.78, 5) is 13.4. The molecule has 3 rings (SSSR count). The summed E-state index contributed by atoms with van der Waals surface area (Å²) in [6.45, 7) is 6.01. The zero-order valence-corrected chi connectivity index (χ0v) is 17.1. The van der Waals surface area contributed by atoms with E-state index in [9.17, 15) is 4.79 Å². The van der Waals surface area contributed by atoms with E-state index in [4.69, 9.17) is 16.3 Å². The average Bonchev–Trinajstić information content (AvgIpc) is 2.64. The molecule has 1 amide bonds. The molecule has 1 fully saturated rings. The molecule has 0 radical (unpaired) electrons. The molecule has 0 unspecified atom stereocenters. The third-order valence-electron chi connectivity index (χ3n) is 5.33.